The number of carbonyl (C=O) groups is 1. The lowest BCUT2D eigenvalue weighted by Crippen LogP contribution is -2.40. The zero-order valence-corrected chi connectivity index (χ0v) is 13.2. The molecule has 3 nitrogen and oxygen atoms in total. The van der Waals surface area contributed by atoms with Crippen LogP contribution in [-0.2, 0) is 0 Å². The maximum absolute atomic E-state index is 12.8. The predicted molar refractivity (Wildman–Crippen MR) is 90.0 cm³/mol. The van der Waals surface area contributed by atoms with Crippen LogP contribution in [0.25, 0.3) is 17.0 Å². The summed E-state index contributed by atoms with van der Waals surface area (Å²) in [5, 5.41) is 1.17. The van der Waals surface area contributed by atoms with Crippen LogP contribution in [0.4, 0.5) is 0 Å². The predicted octanol–water partition coefficient (Wildman–Crippen LogP) is 3.73. The van der Waals surface area contributed by atoms with Gasteiger partial charge in [-0.3, -0.25) is 4.79 Å². The third kappa shape index (κ3) is 2.03. The summed E-state index contributed by atoms with van der Waals surface area (Å²) in [4.78, 5) is 18.5. The second-order valence-electron chi connectivity index (χ2n) is 6.78. The van der Waals surface area contributed by atoms with Gasteiger partial charge in [-0.15, -0.1) is 0 Å². The van der Waals surface area contributed by atoms with Gasteiger partial charge in [0.1, 0.15) is 0 Å². The molecule has 114 valence electrons. The van der Waals surface area contributed by atoms with E-state index < -0.39 is 0 Å². The van der Waals surface area contributed by atoms with Gasteiger partial charge in [-0.25, -0.2) is 0 Å². The smallest absolute Gasteiger partial charge is 0.180 e. The van der Waals surface area contributed by atoms with Crippen LogP contribution in [0, 0.1) is 11.8 Å². The van der Waals surface area contributed by atoms with E-state index in [-0.39, 0.29) is 5.78 Å². The highest BCUT2D eigenvalue weighted by Gasteiger charge is 2.35. The molecule has 1 aliphatic heterocycles. The fraction of sp³-hybridized carbons (Fsp3) is 0.421. The van der Waals surface area contributed by atoms with Crippen molar-refractivity contribution in [3.63, 3.8) is 0 Å². The molecule has 0 unspecified atom stereocenters. The van der Waals surface area contributed by atoms with Gasteiger partial charge in [0.15, 0.2) is 5.78 Å². The molecule has 0 amide bonds. The number of H-pyrrole nitrogens is 1. The second kappa shape index (κ2) is 5.10. The van der Waals surface area contributed by atoms with Crippen molar-refractivity contribution < 1.29 is 4.79 Å². The molecule has 2 atom stereocenters. The normalized spacial score (nSPS) is 25.5. The van der Waals surface area contributed by atoms with E-state index in [4.69, 9.17) is 0 Å². The Balaban J connectivity index is 1.90. The molecule has 1 N–H and O–H groups in total. The first kappa shape index (κ1) is 13.8. The summed E-state index contributed by atoms with van der Waals surface area (Å²) in [5.74, 6) is 1.27. The fourth-order valence-electron chi connectivity index (χ4n) is 4.21. The van der Waals surface area contributed by atoms with E-state index in [9.17, 15) is 4.79 Å². The quantitative estimate of drug-likeness (QED) is 0.870. The molecule has 0 radical (unpaired) electrons. The Morgan fingerprint density at radius 1 is 1.32 bits per heavy atom. The second-order valence-corrected chi connectivity index (χ2v) is 6.78. The van der Waals surface area contributed by atoms with Crippen LogP contribution in [0.15, 0.2) is 29.8 Å². The van der Waals surface area contributed by atoms with Crippen LogP contribution in [-0.4, -0.2) is 35.8 Å². The summed E-state index contributed by atoms with van der Waals surface area (Å²) in [6.45, 7) is 4.32. The highest BCUT2D eigenvalue weighted by Crippen LogP contribution is 2.39. The lowest BCUT2D eigenvalue weighted by atomic mass is 9.78. The molecule has 2 heterocycles. The third-order valence-electron chi connectivity index (χ3n) is 5.33. The number of aromatic amines is 1. The molecular formula is C19H22N2O. The molecule has 3 heteroatoms. The average molecular weight is 294 g/mol. The van der Waals surface area contributed by atoms with Crippen molar-refractivity contribution in [3.8, 4) is 0 Å². The number of likely N-dealkylation sites (N-methyl/N-ethyl adjacent to an activating group) is 1. The zero-order chi connectivity index (χ0) is 15.3. The number of piperidine rings is 1. The maximum Gasteiger partial charge on any atom is 0.180 e. The van der Waals surface area contributed by atoms with Crippen molar-refractivity contribution in [1.29, 1.82) is 0 Å². The zero-order valence-electron chi connectivity index (χ0n) is 13.2. The summed E-state index contributed by atoms with van der Waals surface area (Å²) >= 11 is 0. The van der Waals surface area contributed by atoms with Crippen LogP contribution in [0.1, 0.15) is 35.8 Å². The molecule has 1 aromatic carbocycles. The van der Waals surface area contributed by atoms with E-state index in [1.165, 1.54) is 11.0 Å². The van der Waals surface area contributed by atoms with Crippen molar-refractivity contribution in [2.24, 2.45) is 11.8 Å². The topological polar surface area (TPSA) is 36.1 Å². The molecule has 22 heavy (non-hydrogen) atoms. The Hall–Kier alpha value is -1.87. The Kier molecular flexibility index (Phi) is 3.19. The molecular weight excluding hydrogens is 272 g/mol. The summed E-state index contributed by atoms with van der Waals surface area (Å²) in [6.07, 6.45) is 4.08. The van der Waals surface area contributed by atoms with E-state index in [0.29, 0.717) is 18.3 Å². The van der Waals surface area contributed by atoms with Gasteiger partial charge in [-0.2, -0.15) is 0 Å². The van der Waals surface area contributed by atoms with Gasteiger partial charge < -0.3 is 9.88 Å². The number of likely N-dealkylation sites (tertiary alicyclic amines) is 1. The highest BCUT2D eigenvalue weighted by molar-refractivity contribution is 6.07. The van der Waals surface area contributed by atoms with Crippen molar-refractivity contribution >= 4 is 22.8 Å². The van der Waals surface area contributed by atoms with Crippen LogP contribution >= 0.6 is 0 Å². The number of carbonyl (C=O) groups excluding carboxylic acids is 1. The van der Waals surface area contributed by atoms with Crippen LogP contribution in [0.5, 0.6) is 0 Å². The molecule has 2 aliphatic rings. The lowest BCUT2D eigenvalue weighted by Gasteiger charge is -2.38. The minimum atomic E-state index is 0.269. The Morgan fingerprint density at radius 2 is 2.14 bits per heavy atom. The molecule has 0 saturated carbocycles. The SMILES string of the molecule is CC[C@@H]1CN(C)CC2=Cc3c([nH]c4ccccc34)C(=O)C[C@H]21. The van der Waals surface area contributed by atoms with E-state index in [1.54, 1.807) is 0 Å². The largest absolute Gasteiger partial charge is 0.352 e. The van der Waals surface area contributed by atoms with Crippen LogP contribution in [0.3, 0.4) is 0 Å². The fourth-order valence-corrected chi connectivity index (χ4v) is 4.21. The number of hydrogen-bond donors (Lipinski definition) is 1. The first-order valence-electron chi connectivity index (χ1n) is 8.20. The molecule has 1 fully saturated rings. The van der Waals surface area contributed by atoms with E-state index in [0.717, 1.165) is 36.3 Å². The van der Waals surface area contributed by atoms with Gasteiger partial charge in [-0.1, -0.05) is 43.2 Å². The summed E-state index contributed by atoms with van der Waals surface area (Å²) < 4.78 is 0. The molecule has 2 aromatic rings. The van der Waals surface area contributed by atoms with E-state index in [1.807, 2.05) is 12.1 Å². The Morgan fingerprint density at radius 3 is 2.95 bits per heavy atom. The first-order chi connectivity index (χ1) is 10.7. The number of nitrogens with one attached hydrogen (secondary N) is 1. The molecule has 4 rings (SSSR count). The van der Waals surface area contributed by atoms with Crippen LogP contribution in [0.2, 0.25) is 0 Å². The maximum atomic E-state index is 12.8. The minimum Gasteiger partial charge on any atom is -0.352 e. The molecule has 0 spiro atoms. The van der Waals surface area contributed by atoms with Crippen molar-refractivity contribution in [3.05, 3.63) is 41.1 Å². The number of para-hydroxylation sites is 1. The number of Topliss-reactive ketones (excluding diaryl/α,β-unsaturated/α-hetero) is 1. The van der Waals surface area contributed by atoms with Gasteiger partial charge >= 0.3 is 0 Å². The number of fused-ring (bicyclic) bond motifs is 4. The monoisotopic (exact) mass is 294 g/mol. The van der Waals surface area contributed by atoms with Gasteiger partial charge in [0, 0.05) is 36.0 Å². The van der Waals surface area contributed by atoms with Gasteiger partial charge in [-0.05, 0) is 24.9 Å². The number of benzene rings is 1. The molecule has 0 bridgehead atoms. The third-order valence-corrected chi connectivity index (χ3v) is 5.33. The minimum absolute atomic E-state index is 0.269. The van der Waals surface area contributed by atoms with Crippen molar-refractivity contribution in [1.82, 2.24) is 9.88 Å². The summed E-state index contributed by atoms with van der Waals surface area (Å²) in [6, 6.07) is 8.22. The van der Waals surface area contributed by atoms with E-state index >= 15 is 0 Å². The van der Waals surface area contributed by atoms with Gasteiger partial charge in [0.25, 0.3) is 0 Å². The molecule has 1 aromatic heterocycles. The number of hydrogen-bond acceptors (Lipinski definition) is 2. The standard InChI is InChI=1S/C19H22N2O/c1-3-12-10-21(2)11-13-8-16-14-6-4-5-7-17(14)20-19(16)18(22)9-15(12)13/h4-8,12,15,20H,3,9-11H2,1-2H3/t12-,15+/m1/s1. The van der Waals surface area contributed by atoms with Crippen molar-refractivity contribution in [2.75, 3.05) is 20.1 Å². The van der Waals surface area contributed by atoms with Gasteiger partial charge in [0.2, 0.25) is 0 Å². The number of rotatable bonds is 1. The number of nitrogens with zero attached hydrogens (tertiary/aromatic N) is 1. The molecule has 1 aliphatic carbocycles. The highest BCUT2D eigenvalue weighted by atomic mass is 16.1. The average Bonchev–Trinajstić information content (AvgIpc) is 2.82. The number of aromatic nitrogens is 1. The van der Waals surface area contributed by atoms with Gasteiger partial charge in [0.05, 0.1) is 5.69 Å². The first-order valence-corrected chi connectivity index (χ1v) is 8.20. The molecule has 1 saturated heterocycles. The summed E-state index contributed by atoms with van der Waals surface area (Å²) in [7, 11) is 2.18. The van der Waals surface area contributed by atoms with Crippen molar-refractivity contribution in [2.45, 2.75) is 19.8 Å². The summed E-state index contributed by atoms with van der Waals surface area (Å²) in [5.41, 5.74) is 4.40. The lowest BCUT2D eigenvalue weighted by molar-refractivity contribution is 0.0924. The van der Waals surface area contributed by atoms with Crippen LogP contribution < -0.4 is 0 Å². The Labute approximate surface area is 131 Å². The Bertz CT molecular complexity index is 771. The number of ketones is 1. The van der Waals surface area contributed by atoms with E-state index in [2.05, 4.69) is 42.1 Å².